The van der Waals surface area contributed by atoms with E-state index in [-0.39, 0.29) is 6.10 Å². The van der Waals surface area contributed by atoms with Gasteiger partial charge in [-0.1, -0.05) is 24.3 Å². The highest BCUT2D eigenvalue weighted by molar-refractivity contribution is 5.29. The minimum Gasteiger partial charge on any atom is -0.390 e. The Hall–Kier alpha value is -1.76. The number of nitrogens with zero attached hydrogens (tertiary/aromatic N) is 4. The van der Waals surface area contributed by atoms with Crippen LogP contribution in [0.1, 0.15) is 29.2 Å². The zero-order chi connectivity index (χ0) is 17.2. The van der Waals surface area contributed by atoms with Crippen molar-refractivity contribution in [2.45, 2.75) is 51.4 Å². The highest BCUT2D eigenvalue weighted by Crippen LogP contribution is 2.18. The number of fused-ring (bicyclic) bond motifs is 2. The van der Waals surface area contributed by atoms with E-state index in [0.717, 1.165) is 57.1 Å². The molecule has 1 aromatic carbocycles. The predicted molar refractivity (Wildman–Crippen MR) is 96.3 cm³/mol. The van der Waals surface area contributed by atoms with E-state index in [0.29, 0.717) is 12.6 Å². The van der Waals surface area contributed by atoms with Gasteiger partial charge in [-0.05, 0) is 30.9 Å². The Labute approximate surface area is 148 Å². The van der Waals surface area contributed by atoms with E-state index < -0.39 is 0 Å². The molecule has 0 bridgehead atoms. The van der Waals surface area contributed by atoms with Gasteiger partial charge in [-0.15, -0.1) is 0 Å². The Kier molecular flexibility index (Phi) is 4.83. The van der Waals surface area contributed by atoms with Crippen LogP contribution in [0, 0.1) is 6.92 Å². The summed E-state index contributed by atoms with van der Waals surface area (Å²) in [6.45, 7) is 6.11. The van der Waals surface area contributed by atoms with Crippen LogP contribution in [0.2, 0.25) is 0 Å². The molecule has 1 aromatic heterocycles. The van der Waals surface area contributed by atoms with Crippen LogP contribution in [0.4, 0.5) is 0 Å². The van der Waals surface area contributed by atoms with Gasteiger partial charge in [0.05, 0.1) is 12.6 Å². The zero-order valence-corrected chi connectivity index (χ0v) is 14.9. The third-order valence-corrected chi connectivity index (χ3v) is 5.28. The quantitative estimate of drug-likeness (QED) is 0.846. The molecule has 0 fully saturated rings. The lowest BCUT2D eigenvalue weighted by molar-refractivity contribution is 0.1000. The average molecular weight is 341 g/mol. The second kappa shape index (κ2) is 7.23. The number of nitrogens with one attached hydrogen (secondary N) is 1. The third-order valence-electron chi connectivity index (χ3n) is 5.28. The first-order valence-corrected chi connectivity index (χ1v) is 9.28. The molecule has 0 amide bonds. The summed E-state index contributed by atoms with van der Waals surface area (Å²) in [5.74, 6) is 1.93. The maximum Gasteiger partial charge on any atom is 0.147 e. The molecule has 134 valence electrons. The molecule has 6 heteroatoms. The van der Waals surface area contributed by atoms with Crippen LogP contribution in [0.5, 0.6) is 0 Å². The first-order chi connectivity index (χ1) is 12.2. The summed E-state index contributed by atoms with van der Waals surface area (Å²) in [4.78, 5) is 6.80. The van der Waals surface area contributed by atoms with E-state index >= 15 is 0 Å². The van der Waals surface area contributed by atoms with Gasteiger partial charge in [0.25, 0.3) is 0 Å². The van der Waals surface area contributed by atoms with E-state index in [9.17, 15) is 5.11 Å². The van der Waals surface area contributed by atoms with E-state index in [1.54, 1.807) is 0 Å². The molecule has 2 aromatic rings. The van der Waals surface area contributed by atoms with Gasteiger partial charge < -0.3 is 10.4 Å². The van der Waals surface area contributed by atoms with Crippen molar-refractivity contribution in [1.82, 2.24) is 25.0 Å². The van der Waals surface area contributed by atoms with Crippen molar-refractivity contribution in [3.8, 4) is 0 Å². The minimum absolute atomic E-state index is 0.343. The SMILES string of the molecule is Cc1nc2n(n1)C[C@H](NC[C@@H](O)CN1CCc3ccccc3C1)CC2. The largest absolute Gasteiger partial charge is 0.390 e. The number of benzene rings is 1. The third kappa shape index (κ3) is 3.92. The molecular formula is C19H27N5O. The molecular weight excluding hydrogens is 314 g/mol. The Morgan fingerprint density at radius 1 is 1.28 bits per heavy atom. The lowest BCUT2D eigenvalue weighted by Crippen LogP contribution is -2.45. The van der Waals surface area contributed by atoms with Crippen molar-refractivity contribution >= 4 is 0 Å². The zero-order valence-electron chi connectivity index (χ0n) is 14.9. The smallest absolute Gasteiger partial charge is 0.147 e. The van der Waals surface area contributed by atoms with E-state index in [2.05, 4.69) is 44.6 Å². The first kappa shape index (κ1) is 16.7. The number of rotatable bonds is 5. The van der Waals surface area contributed by atoms with E-state index in [4.69, 9.17) is 0 Å². The molecule has 4 rings (SSSR count). The summed E-state index contributed by atoms with van der Waals surface area (Å²) in [7, 11) is 0. The Morgan fingerprint density at radius 3 is 3.00 bits per heavy atom. The van der Waals surface area contributed by atoms with Crippen LogP contribution in [0.3, 0.4) is 0 Å². The van der Waals surface area contributed by atoms with Crippen LogP contribution in [-0.4, -0.2) is 56.6 Å². The van der Waals surface area contributed by atoms with Crippen LogP contribution in [0.15, 0.2) is 24.3 Å². The topological polar surface area (TPSA) is 66.2 Å². The highest BCUT2D eigenvalue weighted by Gasteiger charge is 2.22. The second-order valence-corrected chi connectivity index (χ2v) is 7.31. The molecule has 3 heterocycles. The molecule has 0 saturated heterocycles. The van der Waals surface area contributed by atoms with Crippen LogP contribution >= 0.6 is 0 Å². The van der Waals surface area contributed by atoms with Gasteiger partial charge in [0.15, 0.2) is 0 Å². The molecule has 0 saturated carbocycles. The summed E-state index contributed by atoms with van der Waals surface area (Å²) < 4.78 is 2.00. The maximum atomic E-state index is 10.4. The summed E-state index contributed by atoms with van der Waals surface area (Å²) in [6, 6.07) is 8.99. The fourth-order valence-electron chi connectivity index (χ4n) is 3.98. The number of aliphatic hydroxyl groups excluding tert-OH is 1. The van der Waals surface area contributed by atoms with Crippen molar-refractivity contribution in [2.24, 2.45) is 0 Å². The number of β-amino-alcohol motifs (C(OH)–C–C–N with tert-alkyl or cyclic N) is 1. The van der Waals surface area contributed by atoms with Crippen molar-refractivity contribution in [3.05, 3.63) is 47.0 Å². The van der Waals surface area contributed by atoms with Gasteiger partial charge in [0, 0.05) is 38.6 Å². The number of aliphatic hydroxyl groups is 1. The van der Waals surface area contributed by atoms with E-state index in [1.165, 1.54) is 11.1 Å². The van der Waals surface area contributed by atoms with Crippen LogP contribution in [0.25, 0.3) is 0 Å². The summed E-state index contributed by atoms with van der Waals surface area (Å²) in [5, 5.41) is 18.4. The predicted octanol–water partition coefficient (Wildman–Crippen LogP) is 0.910. The first-order valence-electron chi connectivity index (χ1n) is 9.28. The molecule has 25 heavy (non-hydrogen) atoms. The van der Waals surface area contributed by atoms with Crippen LogP contribution < -0.4 is 5.32 Å². The van der Waals surface area contributed by atoms with Crippen molar-refractivity contribution in [2.75, 3.05) is 19.6 Å². The average Bonchev–Trinajstić information content (AvgIpc) is 2.99. The minimum atomic E-state index is -0.343. The van der Waals surface area contributed by atoms with Gasteiger partial charge in [-0.2, -0.15) is 5.10 Å². The summed E-state index contributed by atoms with van der Waals surface area (Å²) in [6.07, 6.45) is 2.75. The molecule has 0 radical (unpaired) electrons. The Balaban J connectivity index is 1.24. The monoisotopic (exact) mass is 341 g/mol. The lowest BCUT2D eigenvalue weighted by atomic mass is 10.00. The van der Waals surface area contributed by atoms with Crippen LogP contribution in [-0.2, 0) is 25.9 Å². The van der Waals surface area contributed by atoms with Gasteiger partial charge in [0.2, 0.25) is 0 Å². The van der Waals surface area contributed by atoms with Gasteiger partial charge >= 0.3 is 0 Å². The summed E-state index contributed by atoms with van der Waals surface area (Å²) >= 11 is 0. The normalized spacial score (nSPS) is 21.6. The van der Waals surface area contributed by atoms with Gasteiger partial charge in [-0.25, -0.2) is 9.67 Å². The fraction of sp³-hybridized carbons (Fsp3) is 0.579. The summed E-state index contributed by atoms with van der Waals surface area (Å²) in [5.41, 5.74) is 2.85. The number of aryl methyl sites for hydroxylation is 2. The van der Waals surface area contributed by atoms with E-state index in [1.807, 2.05) is 11.6 Å². The van der Waals surface area contributed by atoms with Gasteiger partial charge in [-0.3, -0.25) is 4.90 Å². The van der Waals surface area contributed by atoms with Crippen molar-refractivity contribution < 1.29 is 5.11 Å². The Morgan fingerprint density at radius 2 is 2.12 bits per heavy atom. The number of hydrogen-bond acceptors (Lipinski definition) is 5. The van der Waals surface area contributed by atoms with Crippen molar-refractivity contribution in [3.63, 3.8) is 0 Å². The molecule has 2 aliphatic heterocycles. The molecule has 2 aliphatic rings. The molecule has 0 spiro atoms. The molecule has 6 nitrogen and oxygen atoms in total. The molecule has 0 unspecified atom stereocenters. The lowest BCUT2D eigenvalue weighted by Gasteiger charge is -2.31. The second-order valence-electron chi connectivity index (χ2n) is 7.31. The Bertz CT molecular complexity index is 728. The van der Waals surface area contributed by atoms with Gasteiger partial charge in [0.1, 0.15) is 11.6 Å². The highest BCUT2D eigenvalue weighted by atomic mass is 16.3. The number of aromatic nitrogens is 3. The molecule has 0 aliphatic carbocycles. The molecule has 2 atom stereocenters. The fourth-order valence-corrected chi connectivity index (χ4v) is 3.98. The number of hydrogen-bond donors (Lipinski definition) is 2. The maximum absolute atomic E-state index is 10.4. The standard InChI is InChI=1S/C19H27N5O/c1-14-21-19-7-6-17(12-24(19)22-14)20-10-18(25)13-23-9-8-15-4-2-3-5-16(15)11-23/h2-5,17-18,20,25H,6-13H2,1H3/t17-,18-/m1/s1. The molecule has 2 N–H and O–H groups in total. The van der Waals surface area contributed by atoms with Crippen molar-refractivity contribution in [1.29, 1.82) is 0 Å².